The van der Waals surface area contributed by atoms with Crippen LogP contribution in [0.1, 0.15) is 24.8 Å². The average Bonchev–Trinajstić information content (AvgIpc) is 3.00. The molecule has 4 nitrogen and oxygen atoms in total. The summed E-state index contributed by atoms with van der Waals surface area (Å²) in [5.41, 5.74) is 2.22. The second kappa shape index (κ2) is 9.71. The van der Waals surface area contributed by atoms with Crippen molar-refractivity contribution in [2.75, 3.05) is 13.1 Å². The van der Waals surface area contributed by atoms with Crippen molar-refractivity contribution in [3.05, 3.63) is 42.1 Å². The Hall–Kier alpha value is -1.36. The van der Waals surface area contributed by atoms with Crippen molar-refractivity contribution in [2.45, 2.75) is 31.7 Å². The van der Waals surface area contributed by atoms with E-state index in [9.17, 15) is 4.79 Å². The van der Waals surface area contributed by atoms with Crippen LogP contribution in [-0.2, 0) is 11.2 Å². The number of pyridine rings is 1. The Bertz CT molecular complexity index is 625. The van der Waals surface area contributed by atoms with Gasteiger partial charge in [0.2, 0.25) is 5.91 Å². The molecule has 6 heteroatoms. The quantitative estimate of drug-likeness (QED) is 0.866. The molecule has 2 heterocycles. The highest BCUT2D eigenvalue weighted by Crippen LogP contribution is 2.16. The summed E-state index contributed by atoms with van der Waals surface area (Å²) in [6, 6.07) is 10.6. The van der Waals surface area contributed by atoms with Crippen LogP contribution in [0.5, 0.6) is 0 Å². The highest BCUT2D eigenvalue weighted by atomic mass is 35.5. The van der Waals surface area contributed by atoms with E-state index in [1.54, 1.807) is 0 Å². The van der Waals surface area contributed by atoms with Crippen molar-refractivity contribution >= 4 is 41.6 Å². The van der Waals surface area contributed by atoms with E-state index in [0.29, 0.717) is 19.0 Å². The van der Waals surface area contributed by atoms with Gasteiger partial charge in [-0.2, -0.15) is 0 Å². The third-order valence-electron chi connectivity index (χ3n) is 4.03. The number of benzene rings is 1. The number of carbonyl (C=O) groups excluding carboxylic acids is 1. The molecule has 1 aliphatic rings. The zero-order valence-electron chi connectivity index (χ0n) is 13.0. The van der Waals surface area contributed by atoms with E-state index in [2.05, 4.69) is 33.8 Å². The topological polar surface area (TPSA) is 54.0 Å². The molecule has 0 aliphatic carbocycles. The third-order valence-corrected chi connectivity index (χ3v) is 4.03. The number of hydrogen-bond acceptors (Lipinski definition) is 3. The number of amides is 1. The number of para-hydroxylation sites is 1. The summed E-state index contributed by atoms with van der Waals surface area (Å²) >= 11 is 0. The smallest absolute Gasteiger partial charge is 0.221 e. The Morgan fingerprint density at radius 3 is 2.87 bits per heavy atom. The Labute approximate surface area is 149 Å². The van der Waals surface area contributed by atoms with Crippen LogP contribution in [0.25, 0.3) is 10.9 Å². The van der Waals surface area contributed by atoms with Gasteiger partial charge < -0.3 is 10.6 Å². The molecule has 23 heavy (non-hydrogen) atoms. The molecule has 0 radical (unpaired) electrons. The number of fused-ring (bicyclic) bond motifs is 1. The number of carbonyl (C=O) groups is 1. The fraction of sp³-hybridized carbons (Fsp3) is 0.412. The maximum Gasteiger partial charge on any atom is 0.221 e. The molecule has 1 atom stereocenters. The lowest BCUT2D eigenvalue weighted by Crippen LogP contribution is -2.32. The van der Waals surface area contributed by atoms with Crippen LogP contribution in [0.4, 0.5) is 0 Å². The first kappa shape index (κ1) is 19.7. The zero-order valence-corrected chi connectivity index (χ0v) is 14.6. The minimum Gasteiger partial charge on any atom is -0.356 e. The molecule has 0 bridgehead atoms. The molecule has 1 amide bonds. The van der Waals surface area contributed by atoms with E-state index in [4.69, 9.17) is 0 Å². The molecule has 1 aromatic heterocycles. The van der Waals surface area contributed by atoms with Crippen molar-refractivity contribution < 1.29 is 4.79 Å². The van der Waals surface area contributed by atoms with E-state index >= 15 is 0 Å². The van der Waals surface area contributed by atoms with Crippen LogP contribution in [0, 0.1) is 0 Å². The van der Waals surface area contributed by atoms with Crippen molar-refractivity contribution in [1.82, 2.24) is 15.6 Å². The Morgan fingerprint density at radius 2 is 2.09 bits per heavy atom. The molecule has 1 unspecified atom stereocenters. The Balaban J connectivity index is 0.00000132. The summed E-state index contributed by atoms with van der Waals surface area (Å²) in [7, 11) is 0. The van der Waals surface area contributed by atoms with Gasteiger partial charge in [-0.1, -0.05) is 24.3 Å². The van der Waals surface area contributed by atoms with Gasteiger partial charge in [-0.25, -0.2) is 0 Å². The number of aromatic nitrogens is 1. The SMILES string of the molecule is Cl.Cl.O=C(CC1CCCN1)NCCc1cccc2cccnc12. The first-order chi connectivity index (χ1) is 10.3. The fourth-order valence-electron chi connectivity index (χ4n) is 2.93. The monoisotopic (exact) mass is 355 g/mol. The van der Waals surface area contributed by atoms with Gasteiger partial charge in [-0.3, -0.25) is 9.78 Å². The average molecular weight is 356 g/mol. The molecule has 0 spiro atoms. The van der Waals surface area contributed by atoms with E-state index in [-0.39, 0.29) is 30.7 Å². The van der Waals surface area contributed by atoms with E-state index in [1.165, 1.54) is 12.0 Å². The summed E-state index contributed by atoms with van der Waals surface area (Å²) in [6.45, 7) is 1.71. The van der Waals surface area contributed by atoms with Crippen LogP contribution in [0.3, 0.4) is 0 Å². The lowest BCUT2D eigenvalue weighted by atomic mass is 10.1. The maximum absolute atomic E-state index is 11.9. The van der Waals surface area contributed by atoms with Gasteiger partial charge in [0, 0.05) is 30.6 Å². The first-order valence-corrected chi connectivity index (χ1v) is 7.65. The molecular weight excluding hydrogens is 333 g/mol. The van der Waals surface area contributed by atoms with Crippen molar-refractivity contribution in [3.63, 3.8) is 0 Å². The summed E-state index contributed by atoms with van der Waals surface area (Å²) in [6.07, 6.45) is 5.52. The summed E-state index contributed by atoms with van der Waals surface area (Å²) in [5, 5.41) is 7.51. The van der Waals surface area contributed by atoms with E-state index in [1.807, 2.05) is 18.3 Å². The minimum absolute atomic E-state index is 0. The highest BCUT2D eigenvalue weighted by molar-refractivity contribution is 5.85. The van der Waals surface area contributed by atoms with Crippen LogP contribution in [0.2, 0.25) is 0 Å². The fourth-order valence-corrected chi connectivity index (χ4v) is 2.93. The van der Waals surface area contributed by atoms with E-state index < -0.39 is 0 Å². The van der Waals surface area contributed by atoms with Gasteiger partial charge in [0.05, 0.1) is 5.52 Å². The number of nitrogens with zero attached hydrogens (tertiary/aromatic N) is 1. The standard InChI is InChI=1S/C17H21N3O.2ClH/c21-16(12-15-7-3-9-18-15)19-11-8-14-5-1-4-13-6-2-10-20-17(13)14;;/h1-2,4-6,10,15,18H,3,7-9,11-12H2,(H,19,21);2*1H. The normalized spacial score (nSPS) is 16.4. The molecule has 3 rings (SSSR count). The van der Waals surface area contributed by atoms with Gasteiger partial charge >= 0.3 is 0 Å². The molecule has 1 saturated heterocycles. The number of hydrogen-bond donors (Lipinski definition) is 2. The van der Waals surface area contributed by atoms with Gasteiger partial charge in [0.15, 0.2) is 0 Å². The molecule has 2 aromatic rings. The van der Waals surface area contributed by atoms with Gasteiger partial charge in [0.1, 0.15) is 0 Å². The Morgan fingerprint density at radius 1 is 1.26 bits per heavy atom. The predicted molar refractivity (Wildman–Crippen MR) is 98.6 cm³/mol. The van der Waals surface area contributed by atoms with Crippen molar-refractivity contribution in [2.24, 2.45) is 0 Å². The molecule has 126 valence electrons. The largest absolute Gasteiger partial charge is 0.356 e. The summed E-state index contributed by atoms with van der Waals surface area (Å²) < 4.78 is 0. The second-order valence-electron chi connectivity index (χ2n) is 5.59. The van der Waals surface area contributed by atoms with Crippen LogP contribution >= 0.6 is 24.8 Å². The second-order valence-corrected chi connectivity index (χ2v) is 5.59. The summed E-state index contributed by atoms with van der Waals surface area (Å²) in [5.74, 6) is 0.141. The van der Waals surface area contributed by atoms with Gasteiger partial charge in [-0.15, -0.1) is 24.8 Å². The van der Waals surface area contributed by atoms with E-state index in [0.717, 1.165) is 30.3 Å². The molecular formula is C17H23Cl2N3O. The van der Waals surface area contributed by atoms with Gasteiger partial charge in [0.25, 0.3) is 0 Å². The molecule has 1 fully saturated rings. The lowest BCUT2D eigenvalue weighted by molar-refractivity contribution is -0.121. The number of nitrogens with one attached hydrogen (secondary N) is 2. The van der Waals surface area contributed by atoms with Crippen molar-refractivity contribution in [1.29, 1.82) is 0 Å². The number of halogens is 2. The predicted octanol–water partition coefficient (Wildman–Crippen LogP) is 2.88. The maximum atomic E-state index is 11.9. The molecule has 1 aliphatic heterocycles. The Kier molecular flexibility index (Phi) is 8.31. The number of rotatable bonds is 5. The van der Waals surface area contributed by atoms with Crippen LogP contribution in [-0.4, -0.2) is 30.0 Å². The zero-order chi connectivity index (χ0) is 14.5. The first-order valence-electron chi connectivity index (χ1n) is 7.65. The summed E-state index contributed by atoms with van der Waals surface area (Å²) in [4.78, 5) is 16.3. The third kappa shape index (κ3) is 5.34. The molecule has 1 aromatic carbocycles. The highest BCUT2D eigenvalue weighted by Gasteiger charge is 2.17. The molecule has 0 saturated carbocycles. The minimum atomic E-state index is 0. The van der Waals surface area contributed by atoms with Crippen LogP contribution < -0.4 is 10.6 Å². The lowest BCUT2D eigenvalue weighted by Gasteiger charge is -2.11. The van der Waals surface area contributed by atoms with Crippen LogP contribution in [0.15, 0.2) is 36.5 Å². The molecule has 2 N–H and O–H groups in total. The van der Waals surface area contributed by atoms with Crippen molar-refractivity contribution in [3.8, 4) is 0 Å². The van der Waals surface area contributed by atoms with Gasteiger partial charge in [-0.05, 0) is 37.4 Å².